The summed E-state index contributed by atoms with van der Waals surface area (Å²) in [4.78, 5) is 0. The van der Waals surface area contributed by atoms with E-state index in [0.29, 0.717) is 35.6 Å². The highest BCUT2D eigenvalue weighted by Gasteiger charge is 2.22. The Morgan fingerprint density at radius 3 is 2.23 bits per heavy atom. The van der Waals surface area contributed by atoms with Crippen molar-refractivity contribution in [2.75, 3.05) is 13.2 Å². The van der Waals surface area contributed by atoms with Crippen LogP contribution in [0.1, 0.15) is 37.4 Å². The Kier molecular flexibility index (Phi) is 8.09. The Morgan fingerprint density at radius 1 is 0.886 bits per heavy atom. The highest BCUT2D eigenvalue weighted by molar-refractivity contribution is 5.71. The molecule has 1 heterocycles. The molecule has 0 aromatic heterocycles. The number of unbranched alkanes of at least 4 members (excludes halogenated alkanes) is 1. The van der Waals surface area contributed by atoms with Crippen LogP contribution in [-0.2, 0) is 4.74 Å². The lowest BCUT2D eigenvalue weighted by Gasteiger charge is -2.27. The van der Waals surface area contributed by atoms with Gasteiger partial charge < -0.3 is 9.47 Å². The lowest BCUT2D eigenvalue weighted by atomic mass is 9.93. The maximum atomic E-state index is 15.0. The monoisotopic (exact) mass is 478 g/mol. The number of ether oxygens (including phenoxy) is 2. The summed E-state index contributed by atoms with van der Waals surface area (Å²) in [6.45, 7) is 8.31. The standard InChI is InChI=1S/C30H29F3O2/c1-3-5-6-17-34-28-16-14-25(29(32)30(28)33)22-10-8-21(9-11-22)24-13-12-23(18-26(24)31)27-15-7-20(4-2)19-35-27/h3-4,8-14,16,18,20,27H,1-2,5-7,15,17,19H2. The van der Waals surface area contributed by atoms with Gasteiger partial charge in [-0.2, -0.15) is 4.39 Å². The fourth-order valence-electron chi connectivity index (χ4n) is 4.29. The minimum absolute atomic E-state index is 0.115. The van der Waals surface area contributed by atoms with Gasteiger partial charge >= 0.3 is 0 Å². The van der Waals surface area contributed by atoms with E-state index in [-0.39, 0.29) is 29.8 Å². The maximum Gasteiger partial charge on any atom is 0.201 e. The van der Waals surface area contributed by atoms with Crippen molar-refractivity contribution in [1.29, 1.82) is 0 Å². The topological polar surface area (TPSA) is 18.5 Å². The molecule has 2 unspecified atom stereocenters. The normalized spacial score (nSPS) is 17.7. The Labute approximate surface area is 204 Å². The number of rotatable bonds is 9. The van der Waals surface area contributed by atoms with E-state index in [1.165, 1.54) is 18.2 Å². The summed E-state index contributed by atoms with van der Waals surface area (Å²) in [5.74, 6) is -2.11. The lowest BCUT2D eigenvalue weighted by Crippen LogP contribution is -2.19. The second kappa shape index (κ2) is 11.4. The van der Waals surface area contributed by atoms with E-state index in [0.717, 1.165) is 24.8 Å². The summed E-state index contributed by atoms with van der Waals surface area (Å²) in [7, 11) is 0. The molecule has 5 heteroatoms. The van der Waals surface area contributed by atoms with Crippen molar-refractivity contribution in [2.24, 2.45) is 5.92 Å². The van der Waals surface area contributed by atoms with Gasteiger partial charge in [-0.15, -0.1) is 13.2 Å². The van der Waals surface area contributed by atoms with Gasteiger partial charge in [0.2, 0.25) is 5.82 Å². The Hall–Kier alpha value is -3.31. The Bertz CT molecular complexity index is 1180. The molecule has 1 aliphatic rings. The van der Waals surface area contributed by atoms with Gasteiger partial charge in [0, 0.05) is 17.0 Å². The summed E-state index contributed by atoms with van der Waals surface area (Å²) in [5, 5.41) is 0. The first-order valence-corrected chi connectivity index (χ1v) is 11.9. The van der Waals surface area contributed by atoms with Gasteiger partial charge in [0.1, 0.15) is 5.82 Å². The highest BCUT2D eigenvalue weighted by Crippen LogP contribution is 2.35. The number of benzene rings is 3. The first-order chi connectivity index (χ1) is 17.0. The minimum Gasteiger partial charge on any atom is -0.490 e. The van der Waals surface area contributed by atoms with Crippen molar-refractivity contribution >= 4 is 0 Å². The van der Waals surface area contributed by atoms with Crippen molar-refractivity contribution in [3.8, 4) is 28.0 Å². The summed E-state index contributed by atoms with van der Waals surface area (Å²) in [6.07, 6.45) is 6.74. The molecule has 0 spiro atoms. The van der Waals surface area contributed by atoms with Crippen LogP contribution in [-0.4, -0.2) is 13.2 Å². The van der Waals surface area contributed by atoms with E-state index in [4.69, 9.17) is 9.47 Å². The second-order valence-corrected chi connectivity index (χ2v) is 8.73. The molecule has 0 radical (unpaired) electrons. The predicted octanol–water partition coefficient (Wildman–Crippen LogP) is 8.44. The average molecular weight is 479 g/mol. The van der Waals surface area contributed by atoms with Crippen LogP contribution < -0.4 is 4.74 Å². The van der Waals surface area contributed by atoms with Gasteiger partial charge in [-0.3, -0.25) is 0 Å². The van der Waals surface area contributed by atoms with Crippen LogP contribution in [0.4, 0.5) is 13.2 Å². The molecule has 2 nitrogen and oxygen atoms in total. The zero-order valence-electron chi connectivity index (χ0n) is 19.6. The molecule has 4 rings (SSSR count). The quantitative estimate of drug-likeness (QED) is 0.227. The number of hydrogen-bond donors (Lipinski definition) is 0. The summed E-state index contributed by atoms with van der Waals surface area (Å²) in [5.41, 5.74) is 2.52. The molecule has 1 aliphatic heterocycles. The van der Waals surface area contributed by atoms with E-state index in [9.17, 15) is 13.2 Å². The molecular weight excluding hydrogens is 449 g/mol. The average Bonchev–Trinajstić information content (AvgIpc) is 2.89. The maximum absolute atomic E-state index is 15.0. The molecule has 0 saturated carbocycles. The Morgan fingerprint density at radius 2 is 1.60 bits per heavy atom. The zero-order chi connectivity index (χ0) is 24.8. The summed E-state index contributed by atoms with van der Waals surface area (Å²) in [6, 6.07) is 14.8. The van der Waals surface area contributed by atoms with Gasteiger partial charge in [0.15, 0.2) is 11.6 Å². The third-order valence-electron chi connectivity index (χ3n) is 6.37. The van der Waals surface area contributed by atoms with E-state index >= 15 is 0 Å². The van der Waals surface area contributed by atoms with Gasteiger partial charge in [-0.25, -0.2) is 8.78 Å². The van der Waals surface area contributed by atoms with Crippen LogP contribution in [0.25, 0.3) is 22.3 Å². The fourth-order valence-corrected chi connectivity index (χ4v) is 4.29. The molecule has 3 aromatic rings. The summed E-state index contributed by atoms with van der Waals surface area (Å²) < 4.78 is 55.4. The predicted molar refractivity (Wildman–Crippen MR) is 134 cm³/mol. The molecular formula is C30H29F3O2. The van der Waals surface area contributed by atoms with Crippen molar-refractivity contribution in [3.63, 3.8) is 0 Å². The highest BCUT2D eigenvalue weighted by atomic mass is 19.2. The lowest BCUT2D eigenvalue weighted by molar-refractivity contribution is -0.00528. The first-order valence-electron chi connectivity index (χ1n) is 11.9. The Balaban J connectivity index is 1.48. The third kappa shape index (κ3) is 5.68. The van der Waals surface area contributed by atoms with Crippen LogP contribution in [0.15, 0.2) is 79.9 Å². The smallest absolute Gasteiger partial charge is 0.201 e. The van der Waals surface area contributed by atoms with E-state index in [1.807, 2.05) is 12.1 Å². The van der Waals surface area contributed by atoms with Crippen LogP contribution in [0.3, 0.4) is 0 Å². The molecule has 0 aliphatic carbocycles. The van der Waals surface area contributed by atoms with Gasteiger partial charge in [0.25, 0.3) is 0 Å². The van der Waals surface area contributed by atoms with Crippen molar-refractivity contribution in [2.45, 2.75) is 31.8 Å². The van der Waals surface area contributed by atoms with Gasteiger partial charge in [-0.1, -0.05) is 48.6 Å². The molecule has 0 bridgehead atoms. The van der Waals surface area contributed by atoms with Crippen molar-refractivity contribution < 1.29 is 22.6 Å². The van der Waals surface area contributed by atoms with E-state index < -0.39 is 11.6 Å². The molecule has 182 valence electrons. The molecule has 1 fully saturated rings. The number of halogens is 3. The van der Waals surface area contributed by atoms with Crippen LogP contribution in [0.5, 0.6) is 5.75 Å². The summed E-state index contributed by atoms with van der Waals surface area (Å²) >= 11 is 0. The van der Waals surface area contributed by atoms with Crippen molar-refractivity contribution in [1.82, 2.24) is 0 Å². The molecule has 1 saturated heterocycles. The molecule has 2 atom stereocenters. The van der Waals surface area contributed by atoms with Gasteiger partial charge in [0.05, 0.1) is 19.3 Å². The van der Waals surface area contributed by atoms with Crippen LogP contribution in [0, 0.1) is 23.4 Å². The largest absolute Gasteiger partial charge is 0.490 e. The third-order valence-corrected chi connectivity index (χ3v) is 6.37. The van der Waals surface area contributed by atoms with E-state index in [2.05, 4.69) is 13.2 Å². The second-order valence-electron chi connectivity index (χ2n) is 8.73. The molecule has 3 aromatic carbocycles. The molecule has 35 heavy (non-hydrogen) atoms. The molecule has 0 N–H and O–H groups in total. The zero-order valence-corrected chi connectivity index (χ0v) is 19.6. The van der Waals surface area contributed by atoms with Gasteiger partial charge in [-0.05, 0) is 60.6 Å². The number of allylic oxidation sites excluding steroid dienone is 1. The minimum atomic E-state index is -1.02. The number of hydrogen-bond acceptors (Lipinski definition) is 2. The SMILES string of the molecule is C=CCCCOc1ccc(-c2ccc(-c3ccc(C4CCC(C=C)CO4)cc3F)cc2)c(F)c1F. The van der Waals surface area contributed by atoms with Crippen LogP contribution >= 0.6 is 0 Å². The first kappa shape index (κ1) is 24.8. The van der Waals surface area contributed by atoms with Crippen molar-refractivity contribution in [3.05, 3.63) is 103 Å². The van der Waals surface area contributed by atoms with Crippen LogP contribution in [0.2, 0.25) is 0 Å². The fraction of sp³-hybridized carbons (Fsp3) is 0.267. The van der Waals surface area contributed by atoms with E-state index in [1.54, 1.807) is 36.4 Å². The molecule has 0 amide bonds.